The van der Waals surface area contributed by atoms with Crippen LogP contribution in [0.5, 0.6) is 0 Å². The quantitative estimate of drug-likeness (QED) is 0.902. The Bertz CT molecular complexity index is 449. The summed E-state index contributed by atoms with van der Waals surface area (Å²) >= 11 is 3.42. The molecule has 2 N–H and O–H groups in total. The van der Waals surface area contributed by atoms with E-state index in [0.717, 1.165) is 23.1 Å². The Balaban J connectivity index is 2.35. The lowest BCUT2D eigenvalue weighted by molar-refractivity contribution is -0.122. The third-order valence-electron chi connectivity index (χ3n) is 3.72. The minimum atomic E-state index is -0.228. The molecule has 19 heavy (non-hydrogen) atoms. The third kappa shape index (κ3) is 2.99. The van der Waals surface area contributed by atoms with Gasteiger partial charge in [0, 0.05) is 29.3 Å². The minimum absolute atomic E-state index is 0.0947. The summed E-state index contributed by atoms with van der Waals surface area (Å²) in [6.07, 6.45) is 0.953. The lowest BCUT2D eigenvalue weighted by Crippen LogP contribution is -2.50. The Morgan fingerprint density at radius 3 is 2.58 bits per heavy atom. The van der Waals surface area contributed by atoms with Crippen molar-refractivity contribution in [1.82, 2.24) is 4.90 Å². The predicted molar refractivity (Wildman–Crippen MR) is 81.2 cm³/mol. The first-order valence-corrected chi connectivity index (χ1v) is 7.33. The molecule has 0 spiro atoms. The van der Waals surface area contributed by atoms with Gasteiger partial charge in [-0.1, -0.05) is 15.9 Å². The van der Waals surface area contributed by atoms with Gasteiger partial charge in [0.1, 0.15) is 6.04 Å². The van der Waals surface area contributed by atoms with Crippen molar-refractivity contribution in [3.8, 4) is 0 Å². The highest BCUT2D eigenvalue weighted by atomic mass is 79.9. The summed E-state index contributed by atoms with van der Waals surface area (Å²) in [7, 11) is 1.97. The van der Waals surface area contributed by atoms with Crippen LogP contribution in [0, 0.1) is 0 Å². The molecule has 0 aromatic heterocycles. The fraction of sp³-hybridized carbons (Fsp3) is 0.500. The Hall–Kier alpha value is -0.910. The largest absolute Gasteiger partial charge is 0.328 e. The summed E-state index contributed by atoms with van der Waals surface area (Å²) in [4.78, 5) is 16.6. The molecular weight excluding hydrogens is 306 g/mol. The molecule has 1 amide bonds. The monoisotopic (exact) mass is 325 g/mol. The Kier molecular flexibility index (Phi) is 4.60. The van der Waals surface area contributed by atoms with Crippen LogP contribution in [0.4, 0.5) is 5.69 Å². The van der Waals surface area contributed by atoms with E-state index in [4.69, 9.17) is 5.73 Å². The highest BCUT2D eigenvalue weighted by Crippen LogP contribution is 2.25. The van der Waals surface area contributed by atoms with Crippen LogP contribution in [-0.4, -0.2) is 43.0 Å². The zero-order chi connectivity index (χ0) is 14.0. The fourth-order valence-corrected chi connectivity index (χ4v) is 2.77. The molecule has 2 unspecified atom stereocenters. The Morgan fingerprint density at radius 1 is 1.37 bits per heavy atom. The molecule has 2 rings (SSSR count). The molecule has 0 bridgehead atoms. The number of hydrogen-bond donors (Lipinski definition) is 1. The number of halogens is 1. The predicted octanol–water partition coefficient (Wildman–Crippen LogP) is 1.83. The fourth-order valence-electron chi connectivity index (χ4n) is 2.51. The van der Waals surface area contributed by atoms with Gasteiger partial charge in [-0.05, 0) is 44.7 Å². The van der Waals surface area contributed by atoms with Gasteiger partial charge < -0.3 is 10.6 Å². The Labute approximate surface area is 122 Å². The van der Waals surface area contributed by atoms with Crippen molar-refractivity contribution in [3.05, 3.63) is 28.7 Å². The van der Waals surface area contributed by atoms with Crippen LogP contribution in [0.3, 0.4) is 0 Å². The van der Waals surface area contributed by atoms with E-state index >= 15 is 0 Å². The summed E-state index contributed by atoms with van der Waals surface area (Å²) in [6, 6.07) is 7.82. The first kappa shape index (κ1) is 14.5. The summed E-state index contributed by atoms with van der Waals surface area (Å²) in [6.45, 7) is 3.34. The van der Waals surface area contributed by atoms with E-state index in [-0.39, 0.29) is 18.0 Å². The number of nitrogens with two attached hydrogens (primary N) is 1. The lowest BCUT2D eigenvalue weighted by Gasteiger charge is -2.30. The molecule has 0 saturated carbocycles. The van der Waals surface area contributed by atoms with Gasteiger partial charge in [0.2, 0.25) is 5.91 Å². The highest BCUT2D eigenvalue weighted by Gasteiger charge is 2.33. The highest BCUT2D eigenvalue weighted by molar-refractivity contribution is 9.10. The summed E-state index contributed by atoms with van der Waals surface area (Å²) in [5, 5.41) is 0. The van der Waals surface area contributed by atoms with Gasteiger partial charge >= 0.3 is 0 Å². The summed E-state index contributed by atoms with van der Waals surface area (Å²) in [5.41, 5.74) is 6.71. The number of benzene rings is 1. The van der Waals surface area contributed by atoms with Gasteiger partial charge in [-0.15, -0.1) is 0 Å². The molecule has 1 heterocycles. The third-order valence-corrected chi connectivity index (χ3v) is 4.25. The number of carbonyl (C=O) groups is 1. The van der Waals surface area contributed by atoms with Gasteiger partial charge in [-0.3, -0.25) is 9.69 Å². The van der Waals surface area contributed by atoms with Crippen molar-refractivity contribution in [2.45, 2.75) is 25.4 Å². The molecule has 2 atom stereocenters. The SMILES string of the molecule is CC1CCN(C)C(CN)C(=O)N1c1ccc(Br)cc1. The number of anilines is 1. The average Bonchev–Trinajstić information content (AvgIpc) is 2.49. The van der Waals surface area contributed by atoms with Crippen LogP contribution < -0.4 is 10.6 Å². The van der Waals surface area contributed by atoms with Crippen molar-refractivity contribution in [2.75, 3.05) is 25.0 Å². The minimum Gasteiger partial charge on any atom is -0.328 e. The van der Waals surface area contributed by atoms with Gasteiger partial charge in [0.15, 0.2) is 0 Å². The molecule has 104 valence electrons. The smallest absolute Gasteiger partial charge is 0.245 e. The molecule has 5 heteroatoms. The molecule has 1 aliphatic rings. The second-order valence-corrected chi connectivity index (χ2v) is 5.97. The number of likely N-dealkylation sites (N-methyl/N-ethyl adjacent to an activating group) is 1. The van der Waals surface area contributed by atoms with E-state index in [1.807, 2.05) is 36.2 Å². The number of nitrogens with zero attached hydrogens (tertiary/aromatic N) is 2. The maximum atomic E-state index is 12.7. The van der Waals surface area contributed by atoms with E-state index in [2.05, 4.69) is 27.8 Å². The van der Waals surface area contributed by atoms with Crippen LogP contribution in [0.1, 0.15) is 13.3 Å². The first-order valence-electron chi connectivity index (χ1n) is 6.53. The second-order valence-electron chi connectivity index (χ2n) is 5.05. The van der Waals surface area contributed by atoms with Crippen LogP contribution in [0.25, 0.3) is 0 Å². The van der Waals surface area contributed by atoms with Crippen molar-refractivity contribution < 1.29 is 4.79 Å². The van der Waals surface area contributed by atoms with Crippen molar-refractivity contribution in [1.29, 1.82) is 0 Å². The van der Waals surface area contributed by atoms with E-state index in [1.165, 1.54) is 0 Å². The first-order chi connectivity index (χ1) is 9.04. The van der Waals surface area contributed by atoms with Gasteiger partial charge in [0.05, 0.1) is 0 Å². The second kappa shape index (κ2) is 6.03. The molecule has 4 nitrogen and oxygen atoms in total. The van der Waals surface area contributed by atoms with Crippen LogP contribution in [0.2, 0.25) is 0 Å². The van der Waals surface area contributed by atoms with E-state index in [0.29, 0.717) is 6.54 Å². The molecular formula is C14H20BrN3O. The average molecular weight is 326 g/mol. The number of rotatable bonds is 2. The summed E-state index contributed by atoms with van der Waals surface area (Å²) < 4.78 is 1.01. The van der Waals surface area contributed by atoms with E-state index in [1.54, 1.807) is 0 Å². The maximum absolute atomic E-state index is 12.7. The van der Waals surface area contributed by atoms with Crippen molar-refractivity contribution in [2.24, 2.45) is 5.73 Å². The normalized spacial score (nSPS) is 25.5. The molecule has 1 saturated heterocycles. The van der Waals surface area contributed by atoms with Crippen LogP contribution in [0.15, 0.2) is 28.7 Å². The van der Waals surface area contributed by atoms with Crippen LogP contribution >= 0.6 is 15.9 Å². The lowest BCUT2D eigenvalue weighted by atomic mass is 10.1. The zero-order valence-corrected chi connectivity index (χ0v) is 12.9. The van der Waals surface area contributed by atoms with Crippen LogP contribution in [-0.2, 0) is 4.79 Å². The molecule has 1 aromatic rings. The van der Waals surface area contributed by atoms with Gasteiger partial charge in [0.25, 0.3) is 0 Å². The van der Waals surface area contributed by atoms with E-state index < -0.39 is 0 Å². The molecule has 1 aliphatic heterocycles. The molecule has 0 radical (unpaired) electrons. The topological polar surface area (TPSA) is 49.6 Å². The number of hydrogen-bond acceptors (Lipinski definition) is 3. The molecule has 1 aromatic carbocycles. The van der Waals surface area contributed by atoms with Crippen molar-refractivity contribution in [3.63, 3.8) is 0 Å². The van der Waals surface area contributed by atoms with Gasteiger partial charge in [-0.2, -0.15) is 0 Å². The van der Waals surface area contributed by atoms with E-state index in [9.17, 15) is 4.79 Å². The zero-order valence-electron chi connectivity index (χ0n) is 11.3. The van der Waals surface area contributed by atoms with Gasteiger partial charge in [-0.25, -0.2) is 0 Å². The maximum Gasteiger partial charge on any atom is 0.245 e. The number of amides is 1. The standard InChI is InChI=1S/C14H20BrN3O/c1-10-7-8-17(2)13(9-16)14(19)18(10)12-5-3-11(15)4-6-12/h3-6,10,13H,7-9,16H2,1-2H3. The van der Waals surface area contributed by atoms with Crippen molar-refractivity contribution >= 4 is 27.5 Å². The molecule has 0 aliphatic carbocycles. The summed E-state index contributed by atoms with van der Waals surface area (Å²) in [5.74, 6) is 0.0947. The Morgan fingerprint density at radius 2 is 2.00 bits per heavy atom. The molecule has 1 fully saturated rings. The number of carbonyl (C=O) groups excluding carboxylic acids is 1.